The van der Waals surface area contributed by atoms with Crippen LogP contribution in [0.3, 0.4) is 0 Å². The molecule has 6 nitrogen and oxygen atoms in total. The molecule has 0 aliphatic carbocycles. The molecular formula is C19H17F2N3O3. The summed E-state index contributed by atoms with van der Waals surface area (Å²) in [4.78, 5) is 12.3. The van der Waals surface area contributed by atoms with Crippen LogP contribution in [0.5, 0.6) is 11.5 Å². The molecule has 1 amide bonds. The van der Waals surface area contributed by atoms with E-state index in [-0.39, 0.29) is 12.4 Å². The Balaban J connectivity index is 1.86. The van der Waals surface area contributed by atoms with Crippen molar-refractivity contribution in [3.8, 4) is 11.5 Å². The number of ether oxygens (including phenoxy) is 2. The van der Waals surface area contributed by atoms with Crippen molar-refractivity contribution in [3.05, 3.63) is 71.4 Å². The SMILES string of the molecule is COc1cccc(Cn2nccc2NC(=O)c2c(F)cccc2F)c1OC. The van der Waals surface area contributed by atoms with Crippen molar-refractivity contribution < 1.29 is 23.0 Å². The molecule has 0 aliphatic heterocycles. The second-order valence-electron chi connectivity index (χ2n) is 5.58. The molecule has 8 heteroatoms. The molecular weight excluding hydrogens is 356 g/mol. The Hall–Kier alpha value is -3.42. The van der Waals surface area contributed by atoms with Crippen molar-refractivity contribution in [2.75, 3.05) is 19.5 Å². The number of amides is 1. The number of halogens is 2. The number of carbonyl (C=O) groups excluding carboxylic acids is 1. The van der Waals surface area contributed by atoms with Gasteiger partial charge >= 0.3 is 0 Å². The van der Waals surface area contributed by atoms with E-state index in [0.29, 0.717) is 11.5 Å². The number of nitrogens with zero attached hydrogens (tertiary/aromatic N) is 2. The molecule has 0 radical (unpaired) electrons. The number of carbonyl (C=O) groups is 1. The lowest BCUT2D eigenvalue weighted by Crippen LogP contribution is -2.19. The van der Waals surface area contributed by atoms with Crippen molar-refractivity contribution in [2.45, 2.75) is 6.54 Å². The molecule has 0 saturated carbocycles. The first kappa shape index (κ1) is 18.4. The summed E-state index contributed by atoms with van der Waals surface area (Å²) in [6.07, 6.45) is 1.47. The Morgan fingerprint density at radius 1 is 1.07 bits per heavy atom. The van der Waals surface area contributed by atoms with Gasteiger partial charge in [0.15, 0.2) is 11.5 Å². The Labute approximate surface area is 154 Å². The summed E-state index contributed by atoms with van der Waals surface area (Å²) in [5.74, 6) is -1.40. The Bertz CT molecular complexity index is 952. The third-order valence-electron chi connectivity index (χ3n) is 3.95. The molecule has 1 heterocycles. The zero-order valence-corrected chi connectivity index (χ0v) is 14.7. The van der Waals surface area contributed by atoms with Gasteiger partial charge in [0.05, 0.1) is 27.0 Å². The number of aromatic nitrogens is 2. The first-order chi connectivity index (χ1) is 13.0. The predicted molar refractivity (Wildman–Crippen MR) is 95.2 cm³/mol. The number of nitrogens with one attached hydrogen (secondary N) is 1. The first-order valence-electron chi connectivity index (χ1n) is 8.02. The Morgan fingerprint density at radius 2 is 1.78 bits per heavy atom. The molecule has 1 N–H and O–H groups in total. The molecule has 0 saturated heterocycles. The van der Waals surface area contributed by atoms with E-state index in [1.807, 2.05) is 6.07 Å². The largest absolute Gasteiger partial charge is 0.493 e. The Morgan fingerprint density at radius 3 is 2.44 bits per heavy atom. The number of methoxy groups -OCH3 is 2. The second-order valence-corrected chi connectivity index (χ2v) is 5.58. The van der Waals surface area contributed by atoms with Gasteiger partial charge in [-0.05, 0) is 18.2 Å². The van der Waals surface area contributed by atoms with Crippen LogP contribution in [0.25, 0.3) is 0 Å². The average molecular weight is 373 g/mol. The first-order valence-corrected chi connectivity index (χ1v) is 8.02. The predicted octanol–water partition coefficient (Wildman–Crippen LogP) is 3.48. The number of hydrogen-bond acceptors (Lipinski definition) is 4. The molecule has 2 aromatic carbocycles. The van der Waals surface area contributed by atoms with E-state index in [1.165, 1.54) is 37.2 Å². The molecule has 0 aliphatic rings. The van der Waals surface area contributed by atoms with Gasteiger partial charge in [0.2, 0.25) is 0 Å². The van der Waals surface area contributed by atoms with Gasteiger partial charge in [-0.3, -0.25) is 4.79 Å². The van der Waals surface area contributed by atoms with E-state index in [4.69, 9.17) is 9.47 Å². The minimum atomic E-state index is -0.937. The zero-order chi connectivity index (χ0) is 19.4. The Kier molecular flexibility index (Phi) is 5.35. The van der Waals surface area contributed by atoms with Crippen molar-refractivity contribution in [3.63, 3.8) is 0 Å². The van der Waals surface area contributed by atoms with Crippen molar-refractivity contribution in [2.24, 2.45) is 0 Å². The molecule has 0 spiro atoms. The normalized spacial score (nSPS) is 10.5. The minimum Gasteiger partial charge on any atom is -0.493 e. The van der Waals surface area contributed by atoms with Gasteiger partial charge in [-0.1, -0.05) is 18.2 Å². The highest BCUT2D eigenvalue weighted by Crippen LogP contribution is 2.31. The van der Waals surface area contributed by atoms with E-state index in [9.17, 15) is 13.6 Å². The highest BCUT2D eigenvalue weighted by atomic mass is 19.1. The lowest BCUT2D eigenvalue weighted by atomic mass is 10.2. The number of rotatable bonds is 6. The number of para-hydroxylation sites is 1. The topological polar surface area (TPSA) is 65.4 Å². The summed E-state index contributed by atoms with van der Waals surface area (Å²) in [7, 11) is 3.05. The highest BCUT2D eigenvalue weighted by Gasteiger charge is 2.19. The van der Waals surface area contributed by atoms with E-state index >= 15 is 0 Å². The van der Waals surface area contributed by atoms with E-state index in [2.05, 4.69) is 10.4 Å². The fourth-order valence-corrected chi connectivity index (χ4v) is 2.70. The summed E-state index contributed by atoms with van der Waals surface area (Å²) in [5, 5.41) is 6.64. The van der Waals surface area contributed by atoms with Gasteiger partial charge in [0, 0.05) is 11.6 Å². The van der Waals surface area contributed by atoms with Gasteiger partial charge < -0.3 is 14.8 Å². The summed E-state index contributed by atoms with van der Waals surface area (Å²) in [6, 6.07) is 10.2. The lowest BCUT2D eigenvalue weighted by Gasteiger charge is -2.14. The molecule has 0 atom stereocenters. The molecule has 1 aromatic heterocycles. The molecule has 0 fully saturated rings. The molecule has 140 valence electrons. The second kappa shape index (κ2) is 7.86. The van der Waals surface area contributed by atoms with E-state index in [1.54, 1.807) is 12.1 Å². The van der Waals surface area contributed by atoms with Crippen LogP contribution in [0.4, 0.5) is 14.6 Å². The fourth-order valence-electron chi connectivity index (χ4n) is 2.70. The third kappa shape index (κ3) is 3.74. The average Bonchev–Trinajstić information content (AvgIpc) is 3.08. The van der Waals surface area contributed by atoms with Gasteiger partial charge in [-0.25, -0.2) is 13.5 Å². The number of benzene rings is 2. The van der Waals surface area contributed by atoms with Crippen LogP contribution < -0.4 is 14.8 Å². The van der Waals surface area contributed by atoms with Crippen LogP contribution in [0.2, 0.25) is 0 Å². The molecule has 0 bridgehead atoms. The number of anilines is 1. The minimum absolute atomic E-state index is 0.253. The summed E-state index contributed by atoms with van der Waals surface area (Å²) in [5.41, 5.74) is 0.109. The fraction of sp³-hybridized carbons (Fsp3) is 0.158. The lowest BCUT2D eigenvalue weighted by molar-refractivity contribution is 0.101. The quantitative estimate of drug-likeness (QED) is 0.719. The smallest absolute Gasteiger partial charge is 0.262 e. The zero-order valence-electron chi connectivity index (χ0n) is 14.7. The van der Waals surface area contributed by atoms with Crippen molar-refractivity contribution in [1.29, 1.82) is 0 Å². The molecule has 3 aromatic rings. The maximum absolute atomic E-state index is 13.8. The standard InChI is InChI=1S/C19H17F2N3O3/c1-26-15-8-3-5-12(18(15)27-2)11-24-16(9-10-22-24)23-19(25)17-13(20)6-4-7-14(17)21/h3-10H,11H2,1-2H3,(H,23,25). The molecule has 3 rings (SSSR count). The maximum atomic E-state index is 13.8. The van der Waals surface area contributed by atoms with Gasteiger partial charge in [-0.2, -0.15) is 5.10 Å². The van der Waals surface area contributed by atoms with Crippen LogP contribution in [-0.2, 0) is 6.54 Å². The van der Waals surface area contributed by atoms with Gasteiger partial charge in [-0.15, -0.1) is 0 Å². The van der Waals surface area contributed by atoms with E-state index in [0.717, 1.165) is 17.7 Å². The van der Waals surface area contributed by atoms with E-state index < -0.39 is 23.1 Å². The van der Waals surface area contributed by atoms with Crippen molar-refractivity contribution in [1.82, 2.24) is 9.78 Å². The number of hydrogen-bond donors (Lipinski definition) is 1. The van der Waals surface area contributed by atoms with Crippen LogP contribution in [0.1, 0.15) is 15.9 Å². The van der Waals surface area contributed by atoms with Crippen LogP contribution in [0, 0.1) is 11.6 Å². The summed E-state index contributed by atoms with van der Waals surface area (Å²) in [6.45, 7) is 0.253. The maximum Gasteiger partial charge on any atom is 0.262 e. The third-order valence-corrected chi connectivity index (χ3v) is 3.95. The summed E-state index contributed by atoms with van der Waals surface area (Å²) < 4.78 is 39.7. The summed E-state index contributed by atoms with van der Waals surface area (Å²) >= 11 is 0. The van der Waals surface area contributed by atoms with Gasteiger partial charge in [0.25, 0.3) is 5.91 Å². The highest BCUT2D eigenvalue weighted by molar-refractivity contribution is 6.04. The van der Waals surface area contributed by atoms with Crippen molar-refractivity contribution >= 4 is 11.7 Å². The van der Waals surface area contributed by atoms with Crippen LogP contribution in [-0.4, -0.2) is 29.9 Å². The van der Waals surface area contributed by atoms with Gasteiger partial charge in [0.1, 0.15) is 23.0 Å². The molecule has 0 unspecified atom stereocenters. The monoisotopic (exact) mass is 373 g/mol. The molecule has 27 heavy (non-hydrogen) atoms. The van der Waals surface area contributed by atoms with Crippen LogP contribution >= 0.6 is 0 Å². The van der Waals surface area contributed by atoms with Crippen LogP contribution in [0.15, 0.2) is 48.7 Å².